The number of amides is 2. The van der Waals surface area contributed by atoms with Crippen LogP contribution in [0.1, 0.15) is 24.0 Å². The molecule has 0 bridgehead atoms. The fourth-order valence-electron chi connectivity index (χ4n) is 2.71. The van der Waals surface area contributed by atoms with Crippen molar-refractivity contribution in [1.82, 2.24) is 5.43 Å². The van der Waals surface area contributed by atoms with Gasteiger partial charge in [0.15, 0.2) is 0 Å². The summed E-state index contributed by atoms with van der Waals surface area (Å²) >= 11 is 15.4. The van der Waals surface area contributed by atoms with Gasteiger partial charge in [-0.2, -0.15) is 5.10 Å². The molecule has 0 spiro atoms. The van der Waals surface area contributed by atoms with E-state index in [0.29, 0.717) is 28.1 Å². The quantitative estimate of drug-likeness (QED) is 0.246. The van der Waals surface area contributed by atoms with Gasteiger partial charge in [0.2, 0.25) is 11.8 Å². The first-order valence-electron chi connectivity index (χ1n) is 9.94. The molecular weight excluding hydrogens is 529 g/mol. The molecule has 0 aliphatic rings. The number of nitrogens with zero attached hydrogens (tertiary/aromatic N) is 1. The molecule has 2 N–H and O–H groups in total. The van der Waals surface area contributed by atoms with E-state index in [2.05, 4.69) is 31.8 Å². The van der Waals surface area contributed by atoms with Gasteiger partial charge in [-0.15, -0.1) is 0 Å². The van der Waals surface area contributed by atoms with Crippen LogP contribution in [0.4, 0.5) is 5.69 Å². The lowest BCUT2D eigenvalue weighted by molar-refractivity contribution is -0.124. The molecule has 0 aliphatic carbocycles. The third kappa shape index (κ3) is 8.20. The van der Waals surface area contributed by atoms with Crippen LogP contribution in [0.5, 0.6) is 5.75 Å². The zero-order valence-corrected chi connectivity index (χ0v) is 20.5. The Bertz CT molecular complexity index is 1160. The summed E-state index contributed by atoms with van der Waals surface area (Å²) in [5, 5.41) is 7.64. The Morgan fingerprint density at radius 1 is 0.939 bits per heavy atom. The summed E-state index contributed by atoms with van der Waals surface area (Å²) < 4.78 is 6.54. The molecule has 9 heteroatoms. The second kappa shape index (κ2) is 12.4. The number of hydrogen-bond acceptors (Lipinski definition) is 4. The van der Waals surface area contributed by atoms with Crippen molar-refractivity contribution in [3.63, 3.8) is 0 Å². The van der Waals surface area contributed by atoms with Crippen LogP contribution in [-0.2, 0) is 16.2 Å². The first kappa shape index (κ1) is 24.8. The van der Waals surface area contributed by atoms with Gasteiger partial charge in [-0.1, -0.05) is 47.5 Å². The van der Waals surface area contributed by atoms with Crippen LogP contribution in [0, 0.1) is 0 Å². The summed E-state index contributed by atoms with van der Waals surface area (Å²) in [7, 11) is 0. The number of hydrazone groups is 1. The van der Waals surface area contributed by atoms with Crippen molar-refractivity contribution < 1.29 is 14.3 Å². The second-order valence-electron chi connectivity index (χ2n) is 6.93. The van der Waals surface area contributed by atoms with E-state index in [1.165, 1.54) is 6.21 Å². The van der Waals surface area contributed by atoms with Gasteiger partial charge >= 0.3 is 0 Å². The van der Waals surface area contributed by atoms with Crippen molar-refractivity contribution in [3.8, 4) is 5.75 Å². The highest BCUT2D eigenvalue weighted by Gasteiger charge is 2.07. The zero-order valence-electron chi connectivity index (χ0n) is 17.4. The van der Waals surface area contributed by atoms with Crippen molar-refractivity contribution in [2.24, 2.45) is 5.10 Å². The summed E-state index contributed by atoms with van der Waals surface area (Å²) in [4.78, 5) is 23.8. The van der Waals surface area contributed by atoms with Crippen LogP contribution in [0.2, 0.25) is 10.0 Å². The standard InChI is InChI=1S/C24H20BrCl2N3O3/c25-19-12-16(7-9-22(19)33-15-17-6-8-20(26)21(27)13-17)14-28-30-24(32)11-10-23(31)29-18-4-2-1-3-5-18/h1-9,12-14H,10-11,15H2,(H,29,31)(H,30,32). The number of benzene rings is 3. The maximum Gasteiger partial charge on any atom is 0.240 e. The molecule has 170 valence electrons. The van der Waals surface area contributed by atoms with E-state index in [9.17, 15) is 9.59 Å². The molecule has 0 heterocycles. The number of anilines is 1. The molecule has 0 aromatic heterocycles. The van der Waals surface area contributed by atoms with Gasteiger partial charge in [-0.3, -0.25) is 9.59 Å². The summed E-state index contributed by atoms with van der Waals surface area (Å²) in [6.07, 6.45) is 1.60. The SMILES string of the molecule is O=C(CCC(=O)Nc1ccccc1)NN=Cc1ccc(OCc2ccc(Cl)c(Cl)c2)c(Br)c1. The number of carbonyl (C=O) groups is 2. The number of para-hydroxylation sites is 1. The molecule has 0 unspecified atom stereocenters. The lowest BCUT2D eigenvalue weighted by atomic mass is 10.2. The van der Waals surface area contributed by atoms with E-state index in [-0.39, 0.29) is 24.7 Å². The number of ether oxygens (including phenoxy) is 1. The van der Waals surface area contributed by atoms with Crippen molar-refractivity contribution in [1.29, 1.82) is 0 Å². The topological polar surface area (TPSA) is 79.8 Å². The van der Waals surface area contributed by atoms with E-state index < -0.39 is 0 Å². The van der Waals surface area contributed by atoms with Crippen molar-refractivity contribution in [2.75, 3.05) is 5.32 Å². The predicted molar refractivity (Wildman–Crippen MR) is 135 cm³/mol. The average molecular weight is 549 g/mol. The fourth-order valence-corrected chi connectivity index (χ4v) is 3.54. The monoisotopic (exact) mass is 547 g/mol. The summed E-state index contributed by atoms with van der Waals surface area (Å²) in [6, 6.07) is 19.8. The van der Waals surface area contributed by atoms with Crippen LogP contribution in [0.3, 0.4) is 0 Å². The minimum Gasteiger partial charge on any atom is -0.488 e. The van der Waals surface area contributed by atoms with E-state index in [0.717, 1.165) is 15.6 Å². The first-order valence-corrected chi connectivity index (χ1v) is 11.5. The summed E-state index contributed by atoms with van der Waals surface area (Å²) in [6.45, 7) is 0.330. The third-order valence-corrected chi connectivity index (χ3v) is 5.73. The van der Waals surface area contributed by atoms with E-state index in [4.69, 9.17) is 27.9 Å². The lowest BCUT2D eigenvalue weighted by Gasteiger charge is -2.09. The number of carbonyl (C=O) groups excluding carboxylic acids is 2. The Hall–Kier alpha value is -2.87. The Kier molecular flexibility index (Phi) is 9.30. The van der Waals surface area contributed by atoms with E-state index in [1.807, 2.05) is 30.3 Å². The molecule has 2 amide bonds. The molecule has 33 heavy (non-hydrogen) atoms. The molecule has 0 aliphatic heterocycles. The van der Waals surface area contributed by atoms with Crippen LogP contribution in [0.15, 0.2) is 76.3 Å². The largest absolute Gasteiger partial charge is 0.488 e. The highest BCUT2D eigenvalue weighted by Crippen LogP contribution is 2.28. The van der Waals surface area contributed by atoms with Crippen LogP contribution in [-0.4, -0.2) is 18.0 Å². The molecule has 0 saturated heterocycles. The minimum absolute atomic E-state index is 0.0290. The van der Waals surface area contributed by atoms with Gasteiger partial charge in [0.25, 0.3) is 0 Å². The summed E-state index contributed by atoms with van der Waals surface area (Å²) in [5.74, 6) is 0.0579. The van der Waals surface area contributed by atoms with Gasteiger partial charge in [0.05, 0.1) is 20.7 Å². The Morgan fingerprint density at radius 3 is 2.42 bits per heavy atom. The van der Waals surface area contributed by atoms with E-state index >= 15 is 0 Å². The molecule has 3 aromatic carbocycles. The molecule has 0 atom stereocenters. The van der Waals surface area contributed by atoms with Gasteiger partial charge in [-0.25, -0.2) is 5.43 Å². The number of hydrogen-bond donors (Lipinski definition) is 2. The van der Waals surface area contributed by atoms with Crippen molar-refractivity contribution >= 4 is 62.8 Å². The zero-order chi connectivity index (χ0) is 23.6. The predicted octanol–water partition coefficient (Wildman–Crippen LogP) is 6.20. The molecule has 0 radical (unpaired) electrons. The Labute approximate surface area is 210 Å². The van der Waals surface area contributed by atoms with Crippen molar-refractivity contribution in [3.05, 3.63) is 92.4 Å². The highest BCUT2D eigenvalue weighted by molar-refractivity contribution is 9.10. The minimum atomic E-state index is -0.352. The normalized spacial score (nSPS) is 10.8. The van der Waals surface area contributed by atoms with E-state index in [1.54, 1.807) is 36.4 Å². The van der Waals surface area contributed by atoms with Crippen LogP contribution in [0.25, 0.3) is 0 Å². The average Bonchev–Trinajstić information content (AvgIpc) is 2.80. The summed E-state index contributed by atoms with van der Waals surface area (Å²) in [5.41, 5.74) is 4.76. The van der Waals surface area contributed by atoms with Gasteiger partial charge in [-0.05, 0) is 69.5 Å². The second-order valence-corrected chi connectivity index (χ2v) is 8.60. The Morgan fingerprint density at radius 2 is 1.70 bits per heavy atom. The fraction of sp³-hybridized carbons (Fsp3) is 0.125. The maximum atomic E-state index is 11.9. The Balaban J connectivity index is 1.43. The highest BCUT2D eigenvalue weighted by atomic mass is 79.9. The molecule has 3 aromatic rings. The maximum absolute atomic E-state index is 11.9. The smallest absolute Gasteiger partial charge is 0.240 e. The number of nitrogens with one attached hydrogen (secondary N) is 2. The molecule has 0 saturated carbocycles. The molecular formula is C24H20BrCl2N3O3. The van der Waals surface area contributed by atoms with Gasteiger partial charge in [0, 0.05) is 18.5 Å². The number of rotatable bonds is 9. The molecule has 6 nitrogen and oxygen atoms in total. The van der Waals surface area contributed by atoms with Gasteiger partial charge in [0.1, 0.15) is 12.4 Å². The lowest BCUT2D eigenvalue weighted by Crippen LogP contribution is -2.20. The first-order chi connectivity index (χ1) is 15.9. The number of halogens is 3. The van der Waals surface area contributed by atoms with Crippen LogP contribution >= 0.6 is 39.1 Å². The van der Waals surface area contributed by atoms with Crippen molar-refractivity contribution in [2.45, 2.75) is 19.4 Å². The third-order valence-electron chi connectivity index (χ3n) is 4.37. The molecule has 0 fully saturated rings. The van der Waals surface area contributed by atoms with Gasteiger partial charge < -0.3 is 10.1 Å². The van der Waals surface area contributed by atoms with Crippen LogP contribution < -0.4 is 15.5 Å². The molecule has 3 rings (SSSR count).